The summed E-state index contributed by atoms with van der Waals surface area (Å²) >= 11 is 0. The van der Waals surface area contributed by atoms with E-state index >= 15 is 0 Å². The van der Waals surface area contributed by atoms with Gasteiger partial charge in [0, 0.05) is 19.6 Å². The summed E-state index contributed by atoms with van der Waals surface area (Å²) in [5.74, 6) is 1.90. The molecule has 1 saturated carbocycles. The Balaban J connectivity index is 1.43. The van der Waals surface area contributed by atoms with Gasteiger partial charge in [-0.1, -0.05) is 6.92 Å². The Morgan fingerprint density at radius 3 is 2.71 bits per heavy atom. The van der Waals surface area contributed by atoms with Crippen LogP contribution in [0.5, 0.6) is 0 Å². The molecule has 82 valence electrons. The van der Waals surface area contributed by atoms with Gasteiger partial charge in [-0.3, -0.25) is 0 Å². The van der Waals surface area contributed by atoms with Crippen molar-refractivity contribution in [3.05, 3.63) is 0 Å². The lowest BCUT2D eigenvalue weighted by Gasteiger charge is -2.39. The Bertz CT molecular complexity index is 192. The van der Waals surface area contributed by atoms with Crippen molar-refractivity contribution < 1.29 is 4.74 Å². The Morgan fingerprint density at radius 1 is 1.50 bits per heavy atom. The third kappa shape index (κ3) is 2.69. The van der Waals surface area contributed by atoms with Crippen molar-refractivity contribution in [2.24, 2.45) is 11.8 Å². The molecule has 1 aliphatic carbocycles. The Kier molecular flexibility index (Phi) is 3.10. The average Bonchev–Trinajstić information content (AvgIpc) is 2.78. The Hall–Kier alpha value is -0.120. The molecule has 2 fully saturated rings. The molecule has 2 atom stereocenters. The molecule has 3 nitrogen and oxygen atoms in total. The van der Waals surface area contributed by atoms with Crippen LogP contribution >= 0.6 is 0 Å². The van der Waals surface area contributed by atoms with E-state index in [1.807, 2.05) is 0 Å². The van der Waals surface area contributed by atoms with Crippen LogP contribution in [-0.2, 0) is 4.74 Å². The molecule has 0 aromatic rings. The summed E-state index contributed by atoms with van der Waals surface area (Å²) in [4.78, 5) is 0. The van der Waals surface area contributed by atoms with Crippen molar-refractivity contribution in [3.63, 3.8) is 0 Å². The molecule has 2 unspecified atom stereocenters. The first-order valence-corrected chi connectivity index (χ1v) is 5.75. The summed E-state index contributed by atoms with van der Waals surface area (Å²) in [6.07, 6.45) is 1.41. The van der Waals surface area contributed by atoms with Gasteiger partial charge in [0.1, 0.15) is 0 Å². The number of hydrogen-bond donors (Lipinski definition) is 2. The van der Waals surface area contributed by atoms with Gasteiger partial charge < -0.3 is 15.4 Å². The second-order valence-corrected chi connectivity index (χ2v) is 5.08. The smallest absolute Gasteiger partial charge is 0.0902 e. The largest absolute Gasteiger partial charge is 0.371 e. The fraction of sp³-hybridized carbons (Fsp3) is 1.00. The first kappa shape index (κ1) is 10.4. The van der Waals surface area contributed by atoms with Crippen molar-refractivity contribution in [1.82, 2.24) is 10.6 Å². The molecule has 2 rings (SSSR count). The van der Waals surface area contributed by atoms with Crippen LogP contribution in [0.4, 0.5) is 0 Å². The van der Waals surface area contributed by atoms with Gasteiger partial charge in [-0.15, -0.1) is 0 Å². The molecule has 1 aliphatic heterocycles. The van der Waals surface area contributed by atoms with Crippen LogP contribution in [0.25, 0.3) is 0 Å². The first-order chi connectivity index (χ1) is 6.70. The van der Waals surface area contributed by atoms with Gasteiger partial charge in [-0.2, -0.15) is 0 Å². The highest BCUT2D eigenvalue weighted by Crippen LogP contribution is 2.36. The third-order valence-corrected chi connectivity index (χ3v) is 3.41. The highest BCUT2D eigenvalue weighted by atomic mass is 16.5. The second-order valence-electron chi connectivity index (χ2n) is 5.08. The quantitative estimate of drug-likeness (QED) is 0.614. The minimum absolute atomic E-state index is 0.120. The predicted molar refractivity (Wildman–Crippen MR) is 57.4 cm³/mol. The topological polar surface area (TPSA) is 33.3 Å². The lowest BCUT2D eigenvalue weighted by molar-refractivity contribution is -0.0648. The predicted octanol–water partition coefficient (Wildman–Crippen LogP) is 0.610. The number of rotatable bonds is 6. The van der Waals surface area contributed by atoms with E-state index in [2.05, 4.69) is 24.5 Å². The molecular weight excluding hydrogens is 176 g/mol. The van der Waals surface area contributed by atoms with Gasteiger partial charge in [0.05, 0.1) is 12.2 Å². The van der Waals surface area contributed by atoms with E-state index in [9.17, 15) is 0 Å². The molecule has 0 bridgehead atoms. The summed E-state index contributed by atoms with van der Waals surface area (Å²) in [6, 6.07) is 0. The zero-order valence-electron chi connectivity index (χ0n) is 9.31. The van der Waals surface area contributed by atoms with E-state index in [1.54, 1.807) is 0 Å². The molecule has 0 aromatic heterocycles. The molecule has 2 N–H and O–H groups in total. The lowest BCUT2D eigenvalue weighted by atomic mass is 10.0. The molecule has 0 amide bonds. The van der Waals surface area contributed by atoms with Crippen molar-refractivity contribution in [1.29, 1.82) is 0 Å². The van der Waals surface area contributed by atoms with Gasteiger partial charge >= 0.3 is 0 Å². The van der Waals surface area contributed by atoms with Crippen LogP contribution in [-0.4, -0.2) is 38.4 Å². The third-order valence-electron chi connectivity index (χ3n) is 3.41. The van der Waals surface area contributed by atoms with E-state index in [-0.39, 0.29) is 5.60 Å². The summed E-state index contributed by atoms with van der Waals surface area (Å²) in [6.45, 7) is 9.53. The highest BCUT2D eigenvalue weighted by molar-refractivity contribution is 4.90. The van der Waals surface area contributed by atoms with Gasteiger partial charge in [-0.05, 0) is 31.7 Å². The van der Waals surface area contributed by atoms with Crippen molar-refractivity contribution in [2.45, 2.75) is 25.9 Å². The molecule has 0 aromatic carbocycles. The van der Waals surface area contributed by atoms with Gasteiger partial charge in [0.15, 0.2) is 0 Å². The second kappa shape index (κ2) is 4.17. The summed E-state index contributed by atoms with van der Waals surface area (Å²) in [5.41, 5.74) is 0.120. The molecular formula is C11H22N2O. The van der Waals surface area contributed by atoms with Crippen molar-refractivity contribution >= 4 is 0 Å². The highest BCUT2D eigenvalue weighted by Gasteiger charge is 2.33. The molecule has 1 heterocycles. The SMILES string of the molecule is CC1CC1CNCCOC1(C)CNC1. The summed E-state index contributed by atoms with van der Waals surface area (Å²) in [5, 5.41) is 6.68. The van der Waals surface area contributed by atoms with Crippen LogP contribution in [0.3, 0.4) is 0 Å². The molecule has 1 saturated heterocycles. The minimum atomic E-state index is 0.120. The van der Waals surface area contributed by atoms with Crippen molar-refractivity contribution in [3.8, 4) is 0 Å². The fourth-order valence-electron chi connectivity index (χ4n) is 1.92. The van der Waals surface area contributed by atoms with Crippen LogP contribution in [0, 0.1) is 11.8 Å². The standard InChI is InChI=1S/C11H22N2O/c1-9-5-10(9)6-12-3-4-14-11(2)7-13-8-11/h9-10,12-13H,3-8H2,1-2H3. The average molecular weight is 198 g/mol. The van der Waals surface area contributed by atoms with Gasteiger partial charge in [0.25, 0.3) is 0 Å². The maximum atomic E-state index is 5.77. The zero-order valence-corrected chi connectivity index (χ0v) is 9.31. The van der Waals surface area contributed by atoms with Crippen LogP contribution < -0.4 is 10.6 Å². The summed E-state index contributed by atoms with van der Waals surface area (Å²) < 4.78 is 5.77. The van der Waals surface area contributed by atoms with E-state index in [0.717, 1.165) is 38.1 Å². The van der Waals surface area contributed by atoms with Crippen LogP contribution in [0.1, 0.15) is 20.3 Å². The lowest BCUT2D eigenvalue weighted by Crippen LogP contribution is -2.59. The van der Waals surface area contributed by atoms with E-state index < -0.39 is 0 Å². The normalized spacial score (nSPS) is 33.9. The number of hydrogen-bond acceptors (Lipinski definition) is 3. The maximum absolute atomic E-state index is 5.77. The van der Waals surface area contributed by atoms with Crippen LogP contribution in [0.2, 0.25) is 0 Å². The van der Waals surface area contributed by atoms with Gasteiger partial charge in [-0.25, -0.2) is 0 Å². The fourth-order valence-corrected chi connectivity index (χ4v) is 1.92. The zero-order chi connectivity index (χ0) is 10.0. The maximum Gasteiger partial charge on any atom is 0.0902 e. The molecule has 0 radical (unpaired) electrons. The monoisotopic (exact) mass is 198 g/mol. The number of ether oxygens (including phenoxy) is 1. The molecule has 3 heteroatoms. The van der Waals surface area contributed by atoms with Gasteiger partial charge in [0.2, 0.25) is 0 Å². The first-order valence-electron chi connectivity index (χ1n) is 5.75. The molecule has 2 aliphatic rings. The van der Waals surface area contributed by atoms with E-state index in [0.29, 0.717) is 0 Å². The van der Waals surface area contributed by atoms with E-state index in [4.69, 9.17) is 4.74 Å². The summed E-state index contributed by atoms with van der Waals surface area (Å²) in [7, 11) is 0. The van der Waals surface area contributed by atoms with E-state index in [1.165, 1.54) is 13.0 Å². The van der Waals surface area contributed by atoms with Crippen molar-refractivity contribution in [2.75, 3.05) is 32.8 Å². The van der Waals surface area contributed by atoms with Crippen LogP contribution in [0.15, 0.2) is 0 Å². The molecule has 0 spiro atoms. The minimum Gasteiger partial charge on any atom is -0.371 e. The Morgan fingerprint density at radius 2 is 2.21 bits per heavy atom. The Labute approximate surface area is 86.6 Å². The molecule has 14 heavy (non-hydrogen) atoms. The number of nitrogens with one attached hydrogen (secondary N) is 2.